The van der Waals surface area contributed by atoms with Gasteiger partial charge in [0.2, 0.25) is 0 Å². The van der Waals surface area contributed by atoms with Crippen molar-refractivity contribution >= 4 is 11.0 Å². The van der Waals surface area contributed by atoms with Crippen molar-refractivity contribution in [2.24, 2.45) is 0 Å². The molecule has 0 saturated carbocycles. The van der Waals surface area contributed by atoms with E-state index in [0.29, 0.717) is 6.54 Å². The van der Waals surface area contributed by atoms with Gasteiger partial charge in [0.15, 0.2) is 5.65 Å². The molecular weight excluding hydrogens is 228 g/mol. The van der Waals surface area contributed by atoms with Gasteiger partial charge in [-0.1, -0.05) is 0 Å². The number of aryl methyl sites for hydroxylation is 1. The first-order chi connectivity index (χ1) is 8.37. The summed E-state index contributed by atoms with van der Waals surface area (Å²) in [7, 11) is 0. The molecule has 1 atom stereocenters. The van der Waals surface area contributed by atoms with Gasteiger partial charge in [-0.25, -0.2) is 4.98 Å². The largest absolute Gasteiger partial charge is 0.387 e. The van der Waals surface area contributed by atoms with Crippen LogP contribution in [0.1, 0.15) is 38.1 Å². The van der Waals surface area contributed by atoms with E-state index in [1.54, 1.807) is 6.20 Å². The number of aromatic nitrogens is 3. The molecule has 2 rings (SSSR count). The zero-order valence-corrected chi connectivity index (χ0v) is 11.3. The van der Waals surface area contributed by atoms with Gasteiger partial charge in [0.05, 0.1) is 12.3 Å². The maximum atomic E-state index is 10.3. The SMILES string of the molecule is Cc1cc([C@@H](O)CNC(C)(C)C)c2cn[nH]c2n1. The van der Waals surface area contributed by atoms with Crippen LogP contribution in [-0.4, -0.2) is 32.4 Å². The molecule has 18 heavy (non-hydrogen) atoms. The van der Waals surface area contributed by atoms with Crippen molar-refractivity contribution in [1.82, 2.24) is 20.5 Å². The molecule has 2 aromatic rings. The Kier molecular flexibility index (Phi) is 3.36. The van der Waals surface area contributed by atoms with Crippen molar-refractivity contribution in [3.63, 3.8) is 0 Å². The van der Waals surface area contributed by atoms with Crippen LogP contribution in [0.2, 0.25) is 0 Å². The number of nitrogens with one attached hydrogen (secondary N) is 2. The lowest BCUT2D eigenvalue weighted by Gasteiger charge is -2.23. The van der Waals surface area contributed by atoms with Crippen molar-refractivity contribution in [3.05, 3.63) is 23.5 Å². The van der Waals surface area contributed by atoms with Crippen molar-refractivity contribution in [2.75, 3.05) is 6.54 Å². The number of fused-ring (bicyclic) bond motifs is 1. The van der Waals surface area contributed by atoms with E-state index in [-0.39, 0.29) is 5.54 Å². The van der Waals surface area contributed by atoms with Gasteiger partial charge in [0.25, 0.3) is 0 Å². The van der Waals surface area contributed by atoms with E-state index in [0.717, 1.165) is 22.3 Å². The molecule has 0 aliphatic carbocycles. The van der Waals surface area contributed by atoms with Crippen molar-refractivity contribution in [1.29, 1.82) is 0 Å². The van der Waals surface area contributed by atoms with Crippen molar-refractivity contribution in [2.45, 2.75) is 39.3 Å². The van der Waals surface area contributed by atoms with E-state index in [1.807, 2.05) is 13.0 Å². The monoisotopic (exact) mass is 248 g/mol. The molecule has 0 radical (unpaired) electrons. The summed E-state index contributed by atoms with van der Waals surface area (Å²) in [4.78, 5) is 4.34. The second kappa shape index (κ2) is 4.66. The summed E-state index contributed by atoms with van der Waals surface area (Å²) in [5.41, 5.74) is 2.44. The molecule has 98 valence electrons. The van der Waals surface area contributed by atoms with Gasteiger partial charge in [-0.05, 0) is 39.3 Å². The molecule has 5 nitrogen and oxygen atoms in total. The topological polar surface area (TPSA) is 73.8 Å². The summed E-state index contributed by atoms with van der Waals surface area (Å²) in [6.07, 6.45) is 1.14. The van der Waals surface area contributed by atoms with Crippen LogP contribution in [0, 0.1) is 6.92 Å². The number of H-pyrrole nitrogens is 1. The Morgan fingerprint density at radius 1 is 1.44 bits per heavy atom. The van der Waals surface area contributed by atoms with Gasteiger partial charge in [0, 0.05) is 23.2 Å². The summed E-state index contributed by atoms with van der Waals surface area (Å²) in [6.45, 7) is 8.64. The Labute approximate surface area is 107 Å². The van der Waals surface area contributed by atoms with E-state index < -0.39 is 6.10 Å². The molecule has 0 saturated heterocycles. The van der Waals surface area contributed by atoms with E-state index in [9.17, 15) is 5.11 Å². The highest BCUT2D eigenvalue weighted by atomic mass is 16.3. The first kappa shape index (κ1) is 13.0. The summed E-state index contributed by atoms with van der Waals surface area (Å²) in [6, 6.07) is 1.91. The van der Waals surface area contributed by atoms with Crippen LogP contribution >= 0.6 is 0 Å². The summed E-state index contributed by atoms with van der Waals surface area (Å²) < 4.78 is 0. The highest BCUT2D eigenvalue weighted by Gasteiger charge is 2.17. The summed E-state index contributed by atoms with van der Waals surface area (Å²) in [5, 5.41) is 21.3. The summed E-state index contributed by atoms with van der Waals surface area (Å²) in [5.74, 6) is 0. The smallest absolute Gasteiger partial charge is 0.155 e. The van der Waals surface area contributed by atoms with Crippen LogP contribution in [0.4, 0.5) is 0 Å². The fourth-order valence-electron chi connectivity index (χ4n) is 1.88. The zero-order chi connectivity index (χ0) is 13.3. The number of rotatable bonds is 3. The Hall–Kier alpha value is -1.46. The third-order valence-electron chi connectivity index (χ3n) is 2.77. The number of β-amino-alcohol motifs (C(OH)–C–C–N with tert-alkyl or cyclic N) is 1. The molecule has 0 fully saturated rings. The van der Waals surface area contributed by atoms with Crippen LogP contribution in [0.3, 0.4) is 0 Å². The average molecular weight is 248 g/mol. The molecule has 0 bridgehead atoms. The molecule has 0 spiro atoms. The van der Waals surface area contributed by atoms with Gasteiger partial charge < -0.3 is 10.4 Å². The molecule has 2 heterocycles. The van der Waals surface area contributed by atoms with Crippen LogP contribution in [0.15, 0.2) is 12.3 Å². The fraction of sp³-hybridized carbons (Fsp3) is 0.538. The van der Waals surface area contributed by atoms with E-state index in [2.05, 4.69) is 41.3 Å². The zero-order valence-electron chi connectivity index (χ0n) is 11.3. The van der Waals surface area contributed by atoms with Gasteiger partial charge in [-0.15, -0.1) is 0 Å². The van der Waals surface area contributed by atoms with Crippen LogP contribution in [0.25, 0.3) is 11.0 Å². The first-order valence-electron chi connectivity index (χ1n) is 6.10. The molecule has 0 amide bonds. The molecule has 0 aliphatic heterocycles. The third-order valence-corrected chi connectivity index (χ3v) is 2.77. The molecule has 2 aromatic heterocycles. The number of aliphatic hydroxyl groups is 1. The third kappa shape index (κ3) is 2.86. The standard InChI is InChI=1S/C13H20N4O/c1-8-5-9(10-6-15-17-12(10)16-8)11(18)7-14-13(2,3)4/h5-6,11,14,18H,7H2,1-4H3,(H,15,16,17)/t11-/m0/s1. The Morgan fingerprint density at radius 2 is 2.17 bits per heavy atom. The van der Waals surface area contributed by atoms with Gasteiger partial charge >= 0.3 is 0 Å². The molecule has 3 N–H and O–H groups in total. The number of hydrogen-bond donors (Lipinski definition) is 3. The maximum Gasteiger partial charge on any atom is 0.155 e. The second-order valence-corrected chi connectivity index (χ2v) is 5.63. The Morgan fingerprint density at radius 3 is 2.83 bits per heavy atom. The van der Waals surface area contributed by atoms with E-state index in [4.69, 9.17) is 0 Å². The number of nitrogens with zero attached hydrogens (tertiary/aromatic N) is 2. The molecule has 0 aromatic carbocycles. The molecule has 0 aliphatic rings. The Bertz CT molecular complexity index is 541. The lowest BCUT2D eigenvalue weighted by atomic mass is 10.0. The Balaban J connectivity index is 2.26. The van der Waals surface area contributed by atoms with Crippen molar-refractivity contribution in [3.8, 4) is 0 Å². The quantitative estimate of drug-likeness (QED) is 0.772. The van der Waals surface area contributed by atoms with E-state index >= 15 is 0 Å². The minimum atomic E-state index is -0.564. The van der Waals surface area contributed by atoms with E-state index in [1.165, 1.54) is 0 Å². The van der Waals surface area contributed by atoms with Crippen molar-refractivity contribution < 1.29 is 5.11 Å². The lowest BCUT2D eigenvalue weighted by Crippen LogP contribution is -2.38. The highest BCUT2D eigenvalue weighted by molar-refractivity contribution is 5.78. The fourth-order valence-corrected chi connectivity index (χ4v) is 1.88. The lowest BCUT2D eigenvalue weighted by molar-refractivity contribution is 0.164. The minimum absolute atomic E-state index is 0.0153. The molecular formula is C13H20N4O. The highest BCUT2D eigenvalue weighted by Crippen LogP contribution is 2.22. The van der Waals surface area contributed by atoms with Gasteiger partial charge in [0.1, 0.15) is 0 Å². The minimum Gasteiger partial charge on any atom is -0.387 e. The van der Waals surface area contributed by atoms with Crippen LogP contribution < -0.4 is 5.32 Å². The molecule has 0 unspecified atom stereocenters. The number of pyridine rings is 1. The normalized spacial score (nSPS) is 14.1. The van der Waals surface area contributed by atoms with Crippen LogP contribution in [-0.2, 0) is 0 Å². The number of hydrogen-bond acceptors (Lipinski definition) is 4. The predicted molar refractivity (Wildman–Crippen MR) is 71.3 cm³/mol. The average Bonchev–Trinajstić information content (AvgIpc) is 2.71. The first-order valence-corrected chi connectivity index (χ1v) is 6.10. The van der Waals surface area contributed by atoms with Gasteiger partial charge in [-0.3, -0.25) is 5.10 Å². The summed E-state index contributed by atoms with van der Waals surface area (Å²) >= 11 is 0. The van der Waals surface area contributed by atoms with Gasteiger partial charge in [-0.2, -0.15) is 5.10 Å². The second-order valence-electron chi connectivity index (χ2n) is 5.63. The number of aromatic amines is 1. The maximum absolute atomic E-state index is 10.3. The number of aliphatic hydroxyl groups excluding tert-OH is 1. The van der Waals surface area contributed by atoms with Crippen LogP contribution in [0.5, 0.6) is 0 Å². The molecule has 5 heteroatoms. The predicted octanol–water partition coefficient (Wildman–Crippen LogP) is 1.69.